The minimum Gasteiger partial charge on any atom is -0.339 e. The van der Waals surface area contributed by atoms with Gasteiger partial charge in [-0.15, -0.1) is 0 Å². The lowest BCUT2D eigenvalue weighted by Crippen LogP contribution is -2.50. The number of aryl methyl sites for hydroxylation is 1. The van der Waals surface area contributed by atoms with Crippen molar-refractivity contribution < 1.29 is 13.2 Å². The third kappa shape index (κ3) is 5.70. The standard InChI is InChI=1S/C24H32N4O3S2/c1-19-20(2)28(22-10-6-7-11-22)24(25-19)32-18-23(29)26-13-15-27(16-14-26)33(30,31)17-12-21-8-4-3-5-9-21/h3-5,8-9,12,17,22H,6-7,10-11,13-16,18H2,1-2H3. The molecular weight excluding hydrogens is 456 g/mol. The molecule has 0 atom stereocenters. The van der Waals surface area contributed by atoms with Gasteiger partial charge >= 0.3 is 0 Å². The van der Waals surface area contributed by atoms with Crippen molar-refractivity contribution in [1.82, 2.24) is 18.8 Å². The zero-order chi connectivity index (χ0) is 23.4. The first-order valence-corrected chi connectivity index (χ1v) is 14.0. The van der Waals surface area contributed by atoms with E-state index >= 15 is 0 Å². The molecular formula is C24H32N4O3S2. The highest BCUT2D eigenvalue weighted by Gasteiger charge is 2.28. The van der Waals surface area contributed by atoms with Crippen molar-refractivity contribution in [3.05, 3.63) is 52.7 Å². The molecule has 1 saturated heterocycles. The number of rotatable bonds is 7. The Bertz CT molecular complexity index is 1100. The first-order chi connectivity index (χ1) is 15.8. The van der Waals surface area contributed by atoms with Crippen LogP contribution in [-0.2, 0) is 14.8 Å². The van der Waals surface area contributed by atoms with Crippen molar-refractivity contribution in [1.29, 1.82) is 0 Å². The summed E-state index contributed by atoms with van der Waals surface area (Å²) in [5.74, 6) is 0.358. The third-order valence-electron chi connectivity index (χ3n) is 6.55. The smallest absolute Gasteiger partial charge is 0.236 e. The zero-order valence-electron chi connectivity index (χ0n) is 19.3. The molecule has 2 aliphatic rings. The summed E-state index contributed by atoms with van der Waals surface area (Å²) in [5, 5.41) is 2.18. The van der Waals surface area contributed by atoms with Crippen molar-refractivity contribution in [2.45, 2.75) is 50.7 Å². The highest BCUT2D eigenvalue weighted by molar-refractivity contribution is 7.99. The second kappa shape index (κ2) is 10.4. The summed E-state index contributed by atoms with van der Waals surface area (Å²) in [6.07, 6.45) is 6.46. The molecule has 0 spiro atoms. The lowest BCUT2D eigenvalue weighted by molar-refractivity contribution is -0.129. The summed E-state index contributed by atoms with van der Waals surface area (Å²) >= 11 is 1.50. The minimum atomic E-state index is -3.51. The van der Waals surface area contributed by atoms with Gasteiger partial charge in [-0.3, -0.25) is 4.79 Å². The Hall–Kier alpha value is -2.10. The van der Waals surface area contributed by atoms with Crippen LogP contribution in [0.15, 0.2) is 40.9 Å². The molecule has 1 aliphatic carbocycles. The van der Waals surface area contributed by atoms with E-state index in [2.05, 4.69) is 11.5 Å². The van der Waals surface area contributed by atoms with Crippen LogP contribution in [0.1, 0.15) is 48.7 Å². The second-order valence-electron chi connectivity index (χ2n) is 8.70. The summed E-state index contributed by atoms with van der Waals surface area (Å²) in [6.45, 7) is 5.58. The highest BCUT2D eigenvalue weighted by Crippen LogP contribution is 2.35. The lowest BCUT2D eigenvalue weighted by atomic mass is 10.2. The monoisotopic (exact) mass is 488 g/mol. The van der Waals surface area contributed by atoms with Gasteiger partial charge in [-0.1, -0.05) is 54.9 Å². The summed E-state index contributed by atoms with van der Waals surface area (Å²) < 4.78 is 29.1. The van der Waals surface area contributed by atoms with Gasteiger partial charge in [-0.25, -0.2) is 13.4 Å². The van der Waals surface area contributed by atoms with E-state index in [1.807, 2.05) is 37.3 Å². The molecule has 1 amide bonds. The number of hydrogen-bond donors (Lipinski definition) is 0. The Morgan fingerprint density at radius 2 is 1.76 bits per heavy atom. The predicted molar refractivity (Wildman–Crippen MR) is 132 cm³/mol. The molecule has 1 aromatic carbocycles. The van der Waals surface area contributed by atoms with Crippen LogP contribution in [0.2, 0.25) is 0 Å². The van der Waals surface area contributed by atoms with E-state index in [-0.39, 0.29) is 5.91 Å². The van der Waals surface area contributed by atoms with Gasteiger partial charge < -0.3 is 9.47 Å². The number of amides is 1. The number of benzene rings is 1. The fourth-order valence-electron chi connectivity index (χ4n) is 4.51. The molecule has 0 N–H and O–H groups in total. The normalized spacial score (nSPS) is 18.4. The van der Waals surface area contributed by atoms with Crippen LogP contribution < -0.4 is 0 Å². The molecule has 1 aromatic heterocycles. The van der Waals surface area contributed by atoms with Crippen LogP contribution in [0.4, 0.5) is 0 Å². The number of thioether (sulfide) groups is 1. The van der Waals surface area contributed by atoms with Crippen LogP contribution in [0.3, 0.4) is 0 Å². The van der Waals surface area contributed by atoms with Gasteiger partial charge in [0.1, 0.15) is 0 Å². The van der Waals surface area contributed by atoms with E-state index in [9.17, 15) is 13.2 Å². The van der Waals surface area contributed by atoms with Gasteiger partial charge in [-0.2, -0.15) is 4.31 Å². The molecule has 1 aliphatic heterocycles. The topological polar surface area (TPSA) is 75.5 Å². The largest absolute Gasteiger partial charge is 0.339 e. The van der Waals surface area contributed by atoms with Gasteiger partial charge in [0, 0.05) is 43.3 Å². The Kier molecular flexibility index (Phi) is 7.61. The van der Waals surface area contributed by atoms with Gasteiger partial charge in [0.05, 0.1) is 11.4 Å². The van der Waals surface area contributed by atoms with Crippen LogP contribution in [0.5, 0.6) is 0 Å². The van der Waals surface area contributed by atoms with E-state index in [4.69, 9.17) is 4.98 Å². The fraction of sp³-hybridized carbons (Fsp3) is 0.500. The molecule has 0 bridgehead atoms. The van der Waals surface area contributed by atoms with Crippen LogP contribution in [0, 0.1) is 13.8 Å². The Morgan fingerprint density at radius 1 is 1.09 bits per heavy atom. The van der Waals surface area contributed by atoms with Crippen molar-refractivity contribution in [2.24, 2.45) is 0 Å². The Labute approximate surface area is 200 Å². The molecule has 0 unspecified atom stereocenters. The first kappa shape index (κ1) is 24.0. The average molecular weight is 489 g/mol. The summed E-state index contributed by atoms with van der Waals surface area (Å²) in [5.41, 5.74) is 3.06. The van der Waals surface area contributed by atoms with E-state index in [0.29, 0.717) is 38.0 Å². The maximum Gasteiger partial charge on any atom is 0.236 e. The highest BCUT2D eigenvalue weighted by atomic mass is 32.2. The SMILES string of the molecule is Cc1nc(SCC(=O)N2CCN(S(=O)(=O)C=Cc3ccccc3)CC2)n(C2CCCC2)c1C. The van der Waals surface area contributed by atoms with Crippen LogP contribution >= 0.6 is 11.8 Å². The number of piperazine rings is 1. The third-order valence-corrected chi connectivity index (χ3v) is 9.05. The zero-order valence-corrected chi connectivity index (χ0v) is 20.9. The fourth-order valence-corrected chi connectivity index (χ4v) is 6.75. The number of aromatic nitrogens is 2. The maximum absolute atomic E-state index is 12.8. The molecule has 9 heteroatoms. The quantitative estimate of drug-likeness (QED) is 0.554. The predicted octanol–water partition coefficient (Wildman–Crippen LogP) is 3.85. The Morgan fingerprint density at radius 3 is 2.42 bits per heavy atom. The minimum absolute atomic E-state index is 0.0353. The molecule has 0 radical (unpaired) electrons. The Balaban J connectivity index is 1.31. The molecule has 2 heterocycles. The summed E-state index contributed by atoms with van der Waals surface area (Å²) in [4.78, 5) is 19.3. The molecule has 2 fully saturated rings. The first-order valence-electron chi connectivity index (χ1n) is 11.5. The number of carbonyl (C=O) groups is 1. The number of carbonyl (C=O) groups excluding carboxylic acids is 1. The maximum atomic E-state index is 12.8. The number of hydrogen-bond acceptors (Lipinski definition) is 5. The van der Waals surface area contributed by atoms with E-state index < -0.39 is 10.0 Å². The molecule has 4 rings (SSSR count). The molecule has 2 aromatic rings. The molecule has 7 nitrogen and oxygen atoms in total. The molecule has 33 heavy (non-hydrogen) atoms. The summed E-state index contributed by atoms with van der Waals surface area (Å²) in [6, 6.07) is 9.85. The van der Waals surface area contributed by atoms with E-state index in [0.717, 1.165) is 16.4 Å². The van der Waals surface area contributed by atoms with Gasteiger partial charge in [0.2, 0.25) is 15.9 Å². The van der Waals surface area contributed by atoms with Gasteiger partial charge in [-0.05, 0) is 38.3 Å². The number of imidazole rings is 1. The second-order valence-corrected chi connectivity index (χ2v) is 11.5. The summed E-state index contributed by atoms with van der Waals surface area (Å²) in [7, 11) is -3.51. The molecule has 178 valence electrons. The number of sulfonamides is 1. The van der Waals surface area contributed by atoms with Gasteiger partial charge in [0.15, 0.2) is 5.16 Å². The van der Waals surface area contributed by atoms with Crippen molar-refractivity contribution in [3.8, 4) is 0 Å². The van der Waals surface area contributed by atoms with Crippen LogP contribution in [0.25, 0.3) is 6.08 Å². The van der Waals surface area contributed by atoms with E-state index in [1.54, 1.807) is 11.0 Å². The van der Waals surface area contributed by atoms with Crippen molar-refractivity contribution >= 4 is 33.8 Å². The van der Waals surface area contributed by atoms with Crippen molar-refractivity contribution in [2.75, 3.05) is 31.9 Å². The van der Waals surface area contributed by atoms with Crippen molar-refractivity contribution in [3.63, 3.8) is 0 Å². The van der Waals surface area contributed by atoms with E-state index in [1.165, 1.54) is 52.9 Å². The van der Waals surface area contributed by atoms with Gasteiger partial charge in [0.25, 0.3) is 0 Å². The molecule has 1 saturated carbocycles. The number of nitrogens with zero attached hydrogens (tertiary/aromatic N) is 4. The van der Waals surface area contributed by atoms with Crippen LogP contribution in [-0.4, -0.2) is 65.0 Å². The average Bonchev–Trinajstić information content (AvgIpc) is 3.45. The lowest BCUT2D eigenvalue weighted by Gasteiger charge is -2.33.